The molecule has 6 nitrogen and oxygen atoms in total. The quantitative estimate of drug-likeness (QED) is 0.868. The zero-order valence-electron chi connectivity index (χ0n) is 12.6. The Hall–Kier alpha value is -1.86. The second-order valence-corrected chi connectivity index (χ2v) is 6.39. The first kappa shape index (κ1) is 15.1. The van der Waals surface area contributed by atoms with Crippen molar-refractivity contribution in [1.82, 2.24) is 15.5 Å². The lowest BCUT2D eigenvalue weighted by atomic mass is 9.98. The van der Waals surface area contributed by atoms with E-state index in [1.54, 1.807) is 23.2 Å². The number of urea groups is 1. The maximum Gasteiger partial charge on any atom is 0.319 e. The predicted octanol–water partition coefficient (Wildman–Crippen LogP) is 1.54. The van der Waals surface area contributed by atoms with Gasteiger partial charge in [-0.3, -0.25) is 4.79 Å². The number of thiophene rings is 1. The first-order valence-electron chi connectivity index (χ1n) is 7.27. The van der Waals surface area contributed by atoms with Gasteiger partial charge in [0, 0.05) is 23.7 Å². The fourth-order valence-electron chi connectivity index (χ4n) is 2.79. The maximum absolute atomic E-state index is 12.9. The zero-order valence-corrected chi connectivity index (χ0v) is 13.5. The average molecular weight is 321 g/mol. The second-order valence-electron chi connectivity index (χ2n) is 5.44. The number of amides is 3. The van der Waals surface area contributed by atoms with Gasteiger partial charge in [0.1, 0.15) is 0 Å². The van der Waals surface area contributed by atoms with Gasteiger partial charge in [-0.1, -0.05) is 0 Å². The molecule has 3 rings (SSSR count). The molecule has 118 valence electrons. The van der Waals surface area contributed by atoms with Crippen molar-refractivity contribution in [1.29, 1.82) is 0 Å². The third kappa shape index (κ3) is 2.74. The summed E-state index contributed by atoms with van der Waals surface area (Å²) in [7, 11) is 0. The molecule has 7 heteroatoms. The Morgan fingerprint density at radius 3 is 2.73 bits per heavy atom. The van der Waals surface area contributed by atoms with Crippen LogP contribution in [0.15, 0.2) is 22.7 Å². The van der Waals surface area contributed by atoms with Gasteiger partial charge in [-0.25, -0.2) is 4.79 Å². The molecule has 1 fully saturated rings. The minimum absolute atomic E-state index is 0.0360. The number of nitrogens with zero attached hydrogens (tertiary/aromatic N) is 1. The van der Waals surface area contributed by atoms with Crippen molar-refractivity contribution in [2.75, 3.05) is 26.3 Å². The highest BCUT2D eigenvalue weighted by atomic mass is 32.1. The molecular formula is C15H19N3O3S. The third-order valence-corrected chi connectivity index (χ3v) is 5.05. The minimum atomic E-state index is -0.385. The van der Waals surface area contributed by atoms with Crippen LogP contribution in [0, 0.1) is 6.92 Å². The Bertz CT molecular complexity index is 632. The topological polar surface area (TPSA) is 70.7 Å². The third-order valence-electron chi connectivity index (χ3n) is 3.96. The van der Waals surface area contributed by atoms with Gasteiger partial charge in [0.25, 0.3) is 5.91 Å². The number of rotatable bonds is 2. The van der Waals surface area contributed by atoms with Crippen molar-refractivity contribution in [2.24, 2.45) is 0 Å². The Balaban J connectivity index is 1.96. The highest BCUT2D eigenvalue weighted by Crippen LogP contribution is 2.33. The molecule has 0 radical (unpaired) electrons. The molecule has 0 aliphatic carbocycles. The van der Waals surface area contributed by atoms with Crippen LogP contribution in [0.1, 0.15) is 23.4 Å². The largest absolute Gasteiger partial charge is 0.378 e. The van der Waals surface area contributed by atoms with Crippen molar-refractivity contribution in [2.45, 2.75) is 19.9 Å². The molecule has 0 saturated carbocycles. The Labute approximate surface area is 133 Å². The highest BCUT2D eigenvalue weighted by molar-refractivity contribution is 7.10. The number of allylic oxidation sites excluding steroid dienone is 1. The molecule has 3 heterocycles. The van der Waals surface area contributed by atoms with Crippen molar-refractivity contribution >= 4 is 23.3 Å². The summed E-state index contributed by atoms with van der Waals surface area (Å²) < 4.78 is 5.31. The van der Waals surface area contributed by atoms with E-state index in [1.807, 2.05) is 18.4 Å². The summed E-state index contributed by atoms with van der Waals surface area (Å²) in [4.78, 5) is 27.5. The van der Waals surface area contributed by atoms with Crippen molar-refractivity contribution in [3.05, 3.63) is 33.2 Å². The number of morpholine rings is 1. The molecule has 2 aliphatic heterocycles. The molecule has 1 atom stereocenters. The van der Waals surface area contributed by atoms with Gasteiger partial charge in [-0.15, -0.1) is 11.3 Å². The van der Waals surface area contributed by atoms with Gasteiger partial charge in [-0.2, -0.15) is 0 Å². The number of ether oxygens (including phenoxy) is 1. The van der Waals surface area contributed by atoms with Gasteiger partial charge >= 0.3 is 6.03 Å². The van der Waals surface area contributed by atoms with E-state index in [4.69, 9.17) is 4.74 Å². The Morgan fingerprint density at radius 2 is 2.09 bits per heavy atom. The number of carbonyl (C=O) groups excluding carboxylic acids is 2. The Morgan fingerprint density at radius 1 is 1.36 bits per heavy atom. The fraction of sp³-hybridized carbons (Fsp3) is 0.467. The normalized spacial score (nSPS) is 22.4. The molecule has 0 spiro atoms. The zero-order chi connectivity index (χ0) is 15.7. The summed E-state index contributed by atoms with van der Waals surface area (Å²) >= 11 is 1.56. The molecule has 0 bridgehead atoms. The molecule has 2 aliphatic rings. The van der Waals surface area contributed by atoms with Crippen LogP contribution in [0.5, 0.6) is 0 Å². The molecule has 3 amide bonds. The minimum Gasteiger partial charge on any atom is -0.378 e. The van der Waals surface area contributed by atoms with Gasteiger partial charge < -0.3 is 20.3 Å². The van der Waals surface area contributed by atoms with Crippen LogP contribution < -0.4 is 10.6 Å². The maximum atomic E-state index is 12.9. The lowest BCUT2D eigenvalue weighted by Gasteiger charge is -2.33. The van der Waals surface area contributed by atoms with Crippen LogP contribution in [-0.2, 0) is 9.53 Å². The summed E-state index contributed by atoms with van der Waals surface area (Å²) in [5.41, 5.74) is 2.32. The van der Waals surface area contributed by atoms with Crippen molar-refractivity contribution < 1.29 is 14.3 Å². The first-order valence-corrected chi connectivity index (χ1v) is 8.15. The smallest absolute Gasteiger partial charge is 0.319 e. The highest BCUT2D eigenvalue weighted by Gasteiger charge is 2.35. The summed E-state index contributed by atoms with van der Waals surface area (Å²) in [6.45, 7) is 6.05. The molecular weight excluding hydrogens is 302 g/mol. The lowest BCUT2D eigenvalue weighted by molar-refractivity contribution is -0.131. The van der Waals surface area contributed by atoms with Gasteiger partial charge in [0.15, 0.2) is 0 Å². The lowest BCUT2D eigenvalue weighted by Crippen LogP contribution is -2.49. The van der Waals surface area contributed by atoms with Crippen LogP contribution in [0.2, 0.25) is 0 Å². The molecule has 22 heavy (non-hydrogen) atoms. The van der Waals surface area contributed by atoms with E-state index in [1.165, 1.54) is 0 Å². The number of hydrogen-bond donors (Lipinski definition) is 2. The monoisotopic (exact) mass is 321 g/mol. The van der Waals surface area contributed by atoms with Crippen LogP contribution in [0.3, 0.4) is 0 Å². The summed E-state index contributed by atoms with van der Waals surface area (Å²) in [6, 6.07) is 1.35. The van der Waals surface area contributed by atoms with E-state index in [-0.39, 0.29) is 18.0 Å². The van der Waals surface area contributed by atoms with Gasteiger partial charge in [0.05, 0.1) is 24.8 Å². The van der Waals surface area contributed by atoms with Crippen molar-refractivity contribution in [3.8, 4) is 0 Å². The molecule has 1 aromatic heterocycles. The molecule has 1 aromatic rings. The van der Waals surface area contributed by atoms with Crippen molar-refractivity contribution in [3.63, 3.8) is 0 Å². The number of carbonyl (C=O) groups is 2. The summed E-state index contributed by atoms with van der Waals surface area (Å²) in [6.07, 6.45) is 0. The van der Waals surface area contributed by atoms with E-state index >= 15 is 0 Å². The van der Waals surface area contributed by atoms with E-state index in [9.17, 15) is 9.59 Å². The van der Waals surface area contributed by atoms with E-state index in [0.717, 1.165) is 10.4 Å². The van der Waals surface area contributed by atoms with Crippen LogP contribution in [0.4, 0.5) is 4.79 Å². The molecule has 1 saturated heterocycles. The standard InChI is InChI=1S/C15H19N3O3S/c1-9-3-8-22-13(9)12-11(10(2)16-15(20)17-12)14(19)18-4-6-21-7-5-18/h3,8,12H,4-7H2,1-2H3,(H2,16,17,20)/t12-/m0/s1. The van der Waals surface area contributed by atoms with Crippen LogP contribution in [0.25, 0.3) is 0 Å². The molecule has 0 unspecified atom stereocenters. The average Bonchev–Trinajstić information content (AvgIpc) is 2.93. The van der Waals surface area contributed by atoms with Gasteiger partial charge in [-0.05, 0) is 30.9 Å². The van der Waals surface area contributed by atoms with Crippen LogP contribution >= 0.6 is 11.3 Å². The summed E-state index contributed by atoms with van der Waals surface area (Å²) in [5.74, 6) is -0.0360. The number of hydrogen-bond acceptors (Lipinski definition) is 4. The Kier molecular flexibility index (Phi) is 4.17. The van der Waals surface area contributed by atoms with Gasteiger partial charge in [0.2, 0.25) is 0 Å². The fourth-order valence-corrected chi connectivity index (χ4v) is 3.78. The molecule has 2 N–H and O–H groups in total. The first-order chi connectivity index (χ1) is 10.6. The summed E-state index contributed by atoms with van der Waals surface area (Å²) in [5, 5.41) is 7.58. The predicted molar refractivity (Wildman–Crippen MR) is 83.6 cm³/mol. The number of nitrogens with one attached hydrogen (secondary N) is 2. The van der Waals surface area contributed by atoms with E-state index < -0.39 is 0 Å². The second kappa shape index (κ2) is 6.10. The van der Waals surface area contributed by atoms with Crippen LogP contribution in [-0.4, -0.2) is 43.1 Å². The number of aryl methyl sites for hydroxylation is 1. The molecule has 0 aromatic carbocycles. The van der Waals surface area contributed by atoms with E-state index in [0.29, 0.717) is 37.6 Å². The van der Waals surface area contributed by atoms with E-state index in [2.05, 4.69) is 10.6 Å². The SMILES string of the molecule is CC1=C(C(=O)N2CCOCC2)[C@@H](c2sccc2C)NC(=O)N1.